The number of carbonyl (C=O) groups excluding carboxylic acids is 2. The van der Waals surface area contributed by atoms with E-state index in [-0.39, 0.29) is 36.0 Å². The second-order valence-corrected chi connectivity index (χ2v) is 8.10. The number of halogens is 2. The minimum absolute atomic E-state index is 0.0310. The van der Waals surface area contributed by atoms with Gasteiger partial charge >= 0.3 is 0 Å². The van der Waals surface area contributed by atoms with Crippen molar-refractivity contribution >= 4 is 17.4 Å². The van der Waals surface area contributed by atoms with Crippen LogP contribution < -0.4 is 4.90 Å². The van der Waals surface area contributed by atoms with Crippen LogP contribution in [0.2, 0.25) is 0 Å². The van der Waals surface area contributed by atoms with Crippen molar-refractivity contribution in [3.05, 3.63) is 53.9 Å². The molecule has 1 aromatic heterocycles. The monoisotopic (exact) mass is 399 g/mol. The Labute approximate surface area is 168 Å². The van der Waals surface area contributed by atoms with Gasteiger partial charge in [0.05, 0.1) is 5.41 Å². The molecule has 3 atom stereocenters. The number of benzene rings is 1. The molecule has 2 aromatic rings. The third kappa shape index (κ3) is 3.78. The molecule has 1 spiro atoms. The highest BCUT2D eigenvalue weighted by molar-refractivity contribution is 6.00. The van der Waals surface area contributed by atoms with Crippen LogP contribution in [0.4, 0.5) is 14.5 Å². The molecule has 0 N–H and O–H groups in total. The molecular formula is C22H23F2N3O2. The Kier molecular flexibility index (Phi) is 5.15. The highest BCUT2D eigenvalue weighted by atomic mass is 19.1. The molecule has 4 rings (SSSR count). The molecule has 1 saturated heterocycles. The number of aromatic nitrogens is 2. The Morgan fingerprint density at radius 2 is 2.00 bits per heavy atom. The number of hydrogen-bond donors (Lipinski definition) is 0. The predicted molar refractivity (Wildman–Crippen MR) is 104 cm³/mol. The number of rotatable bonds is 4. The normalized spacial score (nSPS) is 26.9. The Morgan fingerprint density at radius 1 is 1.24 bits per heavy atom. The molecule has 3 unspecified atom stereocenters. The van der Waals surface area contributed by atoms with Crippen molar-refractivity contribution in [1.29, 1.82) is 0 Å². The van der Waals surface area contributed by atoms with E-state index < -0.39 is 17.5 Å². The number of anilines is 1. The molecule has 2 aliphatic rings. The van der Waals surface area contributed by atoms with Gasteiger partial charge in [0.1, 0.15) is 23.5 Å². The minimum atomic E-state index is -1.11. The average Bonchev–Trinajstić information content (AvgIpc) is 3.01. The highest BCUT2D eigenvalue weighted by Gasteiger charge is 2.52. The van der Waals surface area contributed by atoms with Gasteiger partial charge in [0, 0.05) is 24.8 Å². The molecule has 2 fully saturated rings. The molecular weight excluding hydrogens is 376 g/mol. The summed E-state index contributed by atoms with van der Waals surface area (Å²) in [6.07, 6.45) is 2.15. The first-order chi connectivity index (χ1) is 13.9. The fourth-order valence-corrected chi connectivity index (χ4v) is 4.65. The lowest BCUT2D eigenvalue weighted by Gasteiger charge is -2.38. The lowest BCUT2D eigenvalue weighted by Crippen LogP contribution is -2.42. The molecule has 0 radical (unpaired) electrons. The summed E-state index contributed by atoms with van der Waals surface area (Å²) in [5, 5.41) is 0. The summed E-state index contributed by atoms with van der Waals surface area (Å²) in [5.41, 5.74) is 0.290. The molecule has 1 saturated carbocycles. The Hall–Kier alpha value is -2.70. The second-order valence-electron chi connectivity index (χ2n) is 8.10. The summed E-state index contributed by atoms with van der Waals surface area (Å²) in [6.45, 7) is 2.22. The summed E-state index contributed by atoms with van der Waals surface area (Å²) >= 11 is 0. The van der Waals surface area contributed by atoms with E-state index in [0.29, 0.717) is 37.3 Å². The molecule has 1 aliphatic carbocycles. The van der Waals surface area contributed by atoms with Crippen LogP contribution >= 0.6 is 0 Å². The van der Waals surface area contributed by atoms with Gasteiger partial charge in [0.2, 0.25) is 5.91 Å². The van der Waals surface area contributed by atoms with Crippen molar-refractivity contribution in [3.63, 3.8) is 0 Å². The van der Waals surface area contributed by atoms with Crippen LogP contribution in [-0.4, -0.2) is 34.4 Å². The van der Waals surface area contributed by atoms with Gasteiger partial charge in [-0.1, -0.05) is 0 Å². The van der Waals surface area contributed by atoms with Crippen molar-refractivity contribution in [3.8, 4) is 0 Å². The van der Waals surface area contributed by atoms with Crippen LogP contribution in [0.5, 0.6) is 0 Å². The van der Waals surface area contributed by atoms with Crippen LogP contribution in [0.25, 0.3) is 0 Å². The van der Waals surface area contributed by atoms with E-state index in [1.54, 1.807) is 24.0 Å². The zero-order valence-corrected chi connectivity index (χ0v) is 16.3. The van der Waals surface area contributed by atoms with Gasteiger partial charge in [-0.3, -0.25) is 9.59 Å². The first kappa shape index (κ1) is 19.6. The van der Waals surface area contributed by atoms with Crippen molar-refractivity contribution in [2.75, 3.05) is 11.4 Å². The average molecular weight is 399 g/mol. The maximum absolute atomic E-state index is 14.7. The van der Waals surface area contributed by atoms with Crippen molar-refractivity contribution < 1.29 is 18.4 Å². The van der Waals surface area contributed by atoms with E-state index in [2.05, 4.69) is 9.97 Å². The molecule has 0 bridgehead atoms. The van der Waals surface area contributed by atoms with Gasteiger partial charge in [0.25, 0.3) is 0 Å². The number of ketones is 1. The van der Waals surface area contributed by atoms with Gasteiger partial charge in [-0.25, -0.2) is 18.7 Å². The maximum atomic E-state index is 14.7. The van der Waals surface area contributed by atoms with Gasteiger partial charge in [0.15, 0.2) is 5.78 Å². The van der Waals surface area contributed by atoms with Crippen LogP contribution in [0.3, 0.4) is 0 Å². The topological polar surface area (TPSA) is 63.2 Å². The van der Waals surface area contributed by atoms with Gasteiger partial charge in [-0.15, -0.1) is 0 Å². The summed E-state index contributed by atoms with van der Waals surface area (Å²) in [7, 11) is 0. The number of nitrogens with zero attached hydrogens (tertiary/aromatic N) is 3. The Balaban J connectivity index is 1.50. The maximum Gasteiger partial charge on any atom is 0.233 e. The fourth-order valence-electron chi connectivity index (χ4n) is 4.65. The molecule has 1 amide bonds. The smallest absolute Gasteiger partial charge is 0.233 e. The van der Waals surface area contributed by atoms with Crippen LogP contribution in [0.15, 0.2) is 36.5 Å². The van der Waals surface area contributed by atoms with E-state index in [1.807, 2.05) is 0 Å². The quantitative estimate of drug-likeness (QED) is 0.728. The zero-order valence-electron chi connectivity index (χ0n) is 16.3. The molecule has 7 heteroatoms. The number of hydrogen-bond acceptors (Lipinski definition) is 4. The number of aryl methyl sites for hydroxylation is 1. The van der Waals surface area contributed by atoms with E-state index in [1.165, 1.54) is 24.4 Å². The van der Waals surface area contributed by atoms with Crippen molar-refractivity contribution in [2.24, 2.45) is 11.3 Å². The minimum Gasteiger partial charge on any atom is -0.312 e. The van der Waals surface area contributed by atoms with Crippen LogP contribution in [0, 0.1) is 24.1 Å². The van der Waals surface area contributed by atoms with E-state index in [0.717, 1.165) is 0 Å². The van der Waals surface area contributed by atoms with Crippen LogP contribution in [-0.2, 0) is 4.79 Å². The first-order valence-corrected chi connectivity index (χ1v) is 9.92. The van der Waals surface area contributed by atoms with Crippen LogP contribution in [0.1, 0.15) is 48.4 Å². The van der Waals surface area contributed by atoms with Gasteiger partial charge in [-0.2, -0.15) is 0 Å². The van der Waals surface area contributed by atoms with E-state index in [9.17, 15) is 18.4 Å². The number of amides is 1. The molecule has 1 aromatic carbocycles. The number of carbonyl (C=O) groups is 2. The summed E-state index contributed by atoms with van der Waals surface area (Å²) in [4.78, 5) is 35.6. The standard InChI is InChI=1S/C22H23F2N3O2/c1-14-25-10-7-19(26-14)20(28)12-15-13-22(8-6-18(15)24)9-11-27(21(22)29)17-4-2-16(23)3-5-17/h2-5,7,10,15,18H,6,8-9,11-13H2,1H3. The lowest BCUT2D eigenvalue weighted by molar-refractivity contribution is -0.129. The highest BCUT2D eigenvalue weighted by Crippen LogP contribution is 2.49. The number of alkyl halides is 1. The fraction of sp³-hybridized carbons (Fsp3) is 0.455. The lowest BCUT2D eigenvalue weighted by atomic mass is 9.66. The predicted octanol–water partition coefficient (Wildman–Crippen LogP) is 4.06. The largest absolute Gasteiger partial charge is 0.312 e. The third-order valence-corrected chi connectivity index (χ3v) is 6.22. The summed E-state index contributed by atoms with van der Waals surface area (Å²) in [6, 6.07) is 7.38. The number of Topliss-reactive ketones (excluding diaryl/α,β-unsaturated/α-hetero) is 1. The summed E-state index contributed by atoms with van der Waals surface area (Å²) < 4.78 is 27.9. The van der Waals surface area contributed by atoms with E-state index in [4.69, 9.17) is 0 Å². The van der Waals surface area contributed by atoms with E-state index >= 15 is 0 Å². The van der Waals surface area contributed by atoms with Gasteiger partial charge < -0.3 is 4.90 Å². The molecule has 5 nitrogen and oxygen atoms in total. The Bertz CT molecular complexity index is 934. The zero-order chi connectivity index (χ0) is 20.6. The van der Waals surface area contributed by atoms with Crippen molar-refractivity contribution in [2.45, 2.75) is 45.2 Å². The van der Waals surface area contributed by atoms with Gasteiger partial charge in [-0.05, 0) is 68.9 Å². The SMILES string of the molecule is Cc1nccc(C(=O)CC2CC3(CCC2F)CCN(c2ccc(F)cc2)C3=O)n1. The first-order valence-electron chi connectivity index (χ1n) is 9.92. The Morgan fingerprint density at radius 3 is 2.72 bits per heavy atom. The molecule has 29 heavy (non-hydrogen) atoms. The third-order valence-electron chi connectivity index (χ3n) is 6.22. The van der Waals surface area contributed by atoms with Crippen molar-refractivity contribution in [1.82, 2.24) is 9.97 Å². The summed E-state index contributed by atoms with van der Waals surface area (Å²) in [5.74, 6) is -0.642. The second kappa shape index (κ2) is 7.61. The molecule has 2 heterocycles. The molecule has 1 aliphatic heterocycles. The molecule has 152 valence electrons.